The molecule has 4 nitrogen and oxygen atoms in total. The smallest absolute Gasteiger partial charge is 0.232 e. The number of fused-ring (bicyclic) bond motifs is 2. The van der Waals surface area contributed by atoms with Crippen molar-refractivity contribution in [2.75, 3.05) is 6.61 Å². The minimum absolute atomic E-state index is 0.0208. The molecule has 1 N–H and O–H groups in total. The highest BCUT2D eigenvalue weighted by molar-refractivity contribution is 6.01. The molecule has 0 aromatic rings. The number of likely N-dealkylation sites (tertiary alicyclic amines) is 1. The molecule has 3 fully saturated rings. The summed E-state index contributed by atoms with van der Waals surface area (Å²) in [5.74, 6) is 0.0541. The minimum atomic E-state index is -0.532. The molecule has 1 aliphatic heterocycles. The first kappa shape index (κ1) is 10.3. The number of rotatable bonds is 2. The molecule has 0 aromatic heterocycles. The van der Waals surface area contributed by atoms with Gasteiger partial charge >= 0.3 is 0 Å². The molecule has 3 aliphatic rings. The molecular formula is C12H17NO3. The fraction of sp³-hybridized carbons (Fsp3) is 0.833. The Morgan fingerprint density at radius 3 is 2.12 bits per heavy atom. The molecule has 0 radical (unpaired) electrons. The fourth-order valence-corrected chi connectivity index (χ4v) is 3.41. The normalized spacial score (nSPS) is 36.4. The van der Waals surface area contributed by atoms with Crippen LogP contribution >= 0.6 is 0 Å². The zero-order valence-corrected chi connectivity index (χ0v) is 9.32. The number of hydrogen-bond acceptors (Lipinski definition) is 3. The fourth-order valence-electron chi connectivity index (χ4n) is 3.41. The van der Waals surface area contributed by atoms with Crippen LogP contribution in [0, 0.1) is 11.8 Å². The Morgan fingerprint density at radius 1 is 1.19 bits per heavy atom. The van der Waals surface area contributed by atoms with Gasteiger partial charge in [-0.1, -0.05) is 0 Å². The van der Waals surface area contributed by atoms with Gasteiger partial charge in [-0.2, -0.15) is 0 Å². The van der Waals surface area contributed by atoms with E-state index in [1.807, 2.05) is 0 Å². The van der Waals surface area contributed by atoms with Crippen molar-refractivity contribution in [3.8, 4) is 0 Å². The van der Waals surface area contributed by atoms with Crippen LogP contribution in [0.2, 0.25) is 0 Å². The number of carbonyl (C=O) groups excluding carboxylic acids is 2. The van der Waals surface area contributed by atoms with Gasteiger partial charge in [0.2, 0.25) is 11.8 Å². The number of piperidine rings is 1. The zero-order chi connectivity index (χ0) is 11.3. The molecule has 2 saturated carbocycles. The Bertz CT molecular complexity index is 321. The van der Waals surface area contributed by atoms with Crippen LogP contribution in [0.25, 0.3) is 0 Å². The highest BCUT2D eigenvalue weighted by atomic mass is 16.3. The number of aliphatic hydroxyl groups excluding tert-OH is 1. The predicted octanol–water partition coefficient (Wildman–Crippen LogP) is 0.686. The Kier molecular flexibility index (Phi) is 2.11. The summed E-state index contributed by atoms with van der Waals surface area (Å²) in [6.07, 6.45) is 5.02. The summed E-state index contributed by atoms with van der Waals surface area (Å²) in [4.78, 5) is 25.8. The average Bonchev–Trinajstić information content (AvgIpc) is 2.66. The monoisotopic (exact) mass is 223 g/mol. The lowest BCUT2D eigenvalue weighted by Crippen LogP contribution is -2.64. The van der Waals surface area contributed by atoms with Crippen LogP contribution in [0.3, 0.4) is 0 Å². The van der Waals surface area contributed by atoms with Gasteiger partial charge in [-0.15, -0.1) is 0 Å². The summed E-state index contributed by atoms with van der Waals surface area (Å²) in [6, 6.07) is 0. The van der Waals surface area contributed by atoms with Gasteiger partial charge in [0.05, 0.1) is 12.1 Å². The summed E-state index contributed by atoms with van der Waals surface area (Å²) in [7, 11) is 0. The molecule has 1 heterocycles. The second-order valence-corrected chi connectivity index (χ2v) is 5.45. The molecule has 2 aliphatic carbocycles. The lowest BCUT2D eigenvalue weighted by molar-refractivity contribution is -0.168. The van der Waals surface area contributed by atoms with E-state index >= 15 is 0 Å². The topological polar surface area (TPSA) is 57.6 Å². The Hall–Kier alpha value is -0.900. The van der Waals surface area contributed by atoms with E-state index in [0.29, 0.717) is 0 Å². The average molecular weight is 223 g/mol. The van der Waals surface area contributed by atoms with Crippen LogP contribution < -0.4 is 0 Å². The number of aliphatic hydroxyl groups is 1. The Balaban J connectivity index is 1.94. The largest absolute Gasteiger partial charge is 0.394 e. The molecule has 2 unspecified atom stereocenters. The summed E-state index contributed by atoms with van der Waals surface area (Å²) in [5, 5.41) is 9.47. The Morgan fingerprint density at radius 2 is 1.75 bits per heavy atom. The van der Waals surface area contributed by atoms with Crippen LogP contribution in [0.5, 0.6) is 0 Å². The number of imide groups is 1. The summed E-state index contributed by atoms with van der Waals surface area (Å²) < 4.78 is 0. The van der Waals surface area contributed by atoms with Gasteiger partial charge in [-0.3, -0.25) is 14.5 Å². The van der Waals surface area contributed by atoms with Gasteiger partial charge in [0, 0.05) is 11.8 Å². The van der Waals surface area contributed by atoms with Crippen molar-refractivity contribution >= 4 is 11.8 Å². The van der Waals surface area contributed by atoms with E-state index in [1.165, 1.54) is 4.90 Å². The van der Waals surface area contributed by atoms with E-state index in [0.717, 1.165) is 38.5 Å². The minimum Gasteiger partial charge on any atom is -0.394 e. The van der Waals surface area contributed by atoms with Crippen LogP contribution in [-0.4, -0.2) is 34.0 Å². The maximum Gasteiger partial charge on any atom is 0.232 e. The highest BCUT2D eigenvalue weighted by Gasteiger charge is 2.55. The first-order valence-corrected chi connectivity index (χ1v) is 6.17. The van der Waals surface area contributed by atoms with E-state index in [1.54, 1.807) is 0 Å². The Labute approximate surface area is 94.6 Å². The standard InChI is InChI=1S/C12H17NO3/c14-7-12(4-1-5-12)13-10(15)8-2-3-9(6-8)11(13)16/h8-9,14H,1-7H2. The lowest BCUT2D eigenvalue weighted by atomic mass is 9.74. The number of carbonyl (C=O) groups is 2. The summed E-state index contributed by atoms with van der Waals surface area (Å²) in [6.45, 7) is -0.0656. The van der Waals surface area contributed by atoms with E-state index in [-0.39, 0.29) is 30.3 Å². The molecule has 16 heavy (non-hydrogen) atoms. The molecule has 88 valence electrons. The molecule has 3 rings (SSSR count). The van der Waals surface area contributed by atoms with Crippen molar-refractivity contribution in [1.82, 2.24) is 4.90 Å². The van der Waals surface area contributed by atoms with Crippen molar-refractivity contribution in [3.05, 3.63) is 0 Å². The summed E-state index contributed by atoms with van der Waals surface area (Å²) >= 11 is 0. The lowest BCUT2D eigenvalue weighted by Gasteiger charge is -2.50. The van der Waals surface area contributed by atoms with Gasteiger partial charge in [0.1, 0.15) is 0 Å². The third kappa shape index (κ3) is 1.14. The second kappa shape index (κ2) is 3.29. The van der Waals surface area contributed by atoms with E-state index in [4.69, 9.17) is 0 Å². The van der Waals surface area contributed by atoms with E-state index in [9.17, 15) is 14.7 Å². The summed E-state index contributed by atoms with van der Waals surface area (Å²) in [5.41, 5.74) is -0.532. The van der Waals surface area contributed by atoms with Gasteiger partial charge in [-0.05, 0) is 38.5 Å². The molecule has 2 bridgehead atoms. The van der Waals surface area contributed by atoms with Crippen molar-refractivity contribution in [2.24, 2.45) is 11.8 Å². The molecule has 1 saturated heterocycles. The van der Waals surface area contributed by atoms with E-state index in [2.05, 4.69) is 0 Å². The van der Waals surface area contributed by atoms with Crippen molar-refractivity contribution in [2.45, 2.75) is 44.1 Å². The second-order valence-electron chi connectivity index (χ2n) is 5.45. The molecule has 0 spiro atoms. The van der Waals surface area contributed by atoms with Gasteiger partial charge in [0.25, 0.3) is 0 Å². The third-order valence-electron chi connectivity index (χ3n) is 4.62. The first-order chi connectivity index (χ1) is 7.68. The van der Waals surface area contributed by atoms with Gasteiger partial charge in [-0.25, -0.2) is 0 Å². The van der Waals surface area contributed by atoms with Crippen LogP contribution in [0.1, 0.15) is 38.5 Å². The molecule has 4 heteroatoms. The van der Waals surface area contributed by atoms with E-state index < -0.39 is 5.54 Å². The molecule has 2 amide bonds. The number of nitrogens with zero attached hydrogens (tertiary/aromatic N) is 1. The molecule has 0 aromatic carbocycles. The zero-order valence-electron chi connectivity index (χ0n) is 9.32. The maximum absolute atomic E-state index is 12.2. The number of amides is 2. The SMILES string of the molecule is O=C1C2CCC(C2)C(=O)N1C1(CO)CCC1. The first-order valence-electron chi connectivity index (χ1n) is 6.17. The third-order valence-corrected chi connectivity index (χ3v) is 4.62. The van der Waals surface area contributed by atoms with Crippen LogP contribution in [-0.2, 0) is 9.59 Å². The van der Waals surface area contributed by atoms with Crippen molar-refractivity contribution in [3.63, 3.8) is 0 Å². The maximum atomic E-state index is 12.2. The van der Waals surface area contributed by atoms with Crippen LogP contribution in [0.4, 0.5) is 0 Å². The van der Waals surface area contributed by atoms with Gasteiger partial charge in [0.15, 0.2) is 0 Å². The van der Waals surface area contributed by atoms with Gasteiger partial charge < -0.3 is 5.11 Å². The number of hydrogen-bond donors (Lipinski definition) is 1. The quantitative estimate of drug-likeness (QED) is 0.701. The van der Waals surface area contributed by atoms with Crippen molar-refractivity contribution in [1.29, 1.82) is 0 Å². The molecular weight excluding hydrogens is 206 g/mol. The van der Waals surface area contributed by atoms with Crippen molar-refractivity contribution < 1.29 is 14.7 Å². The molecule has 2 atom stereocenters. The van der Waals surface area contributed by atoms with Crippen LogP contribution in [0.15, 0.2) is 0 Å². The highest BCUT2D eigenvalue weighted by Crippen LogP contribution is 2.46. The predicted molar refractivity (Wildman–Crippen MR) is 56.4 cm³/mol.